The maximum absolute atomic E-state index is 13.0. The van der Waals surface area contributed by atoms with E-state index in [0.29, 0.717) is 18.9 Å². The van der Waals surface area contributed by atoms with Gasteiger partial charge in [0.15, 0.2) is 0 Å². The van der Waals surface area contributed by atoms with Crippen LogP contribution in [0.25, 0.3) is 10.9 Å². The van der Waals surface area contributed by atoms with Crippen molar-refractivity contribution in [3.8, 4) is 5.75 Å². The van der Waals surface area contributed by atoms with E-state index in [0.717, 1.165) is 33.1 Å². The molecular weight excluding hydrogens is 488 g/mol. The molecule has 1 amide bonds. The van der Waals surface area contributed by atoms with Crippen molar-refractivity contribution in [2.45, 2.75) is 32.4 Å². The SMILES string of the molecule is CC(C)COC(=O)N1CCc2c([nH]c3ccc(Br)cc23)C1c1ccc(OCC(O)CO)cc1. The molecule has 1 aromatic heterocycles. The van der Waals surface area contributed by atoms with Gasteiger partial charge < -0.3 is 24.7 Å². The molecule has 0 saturated carbocycles. The molecule has 33 heavy (non-hydrogen) atoms. The van der Waals surface area contributed by atoms with Gasteiger partial charge in [0, 0.05) is 27.6 Å². The summed E-state index contributed by atoms with van der Waals surface area (Å²) in [6.07, 6.45) is -0.521. The van der Waals surface area contributed by atoms with Gasteiger partial charge >= 0.3 is 6.09 Å². The Morgan fingerprint density at radius 2 is 1.97 bits per heavy atom. The lowest BCUT2D eigenvalue weighted by Gasteiger charge is -2.35. The molecule has 0 spiro atoms. The number of halogens is 1. The summed E-state index contributed by atoms with van der Waals surface area (Å²) in [5.41, 5.74) is 4.15. The summed E-state index contributed by atoms with van der Waals surface area (Å²) in [4.78, 5) is 18.4. The van der Waals surface area contributed by atoms with Gasteiger partial charge in [-0.05, 0) is 53.8 Å². The molecule has 2 unspecified atom stereocenters. The second kappa shape index (κ2) is 10.2. The van der Waals surface area contributed by atoms with Gasteiger partial charge in [-0.1, -0.05) is 41.9 Å². The predicted molar refractivity (Wildman–Crippen MR) is 129 cm³/mol. The minimum atomic E-state index is -0.928. The molecule has 176 valence electrons. The smallest absolute Gasteiger partial charge is 0.410 e. The van der Waals surface area contributed by atoms with E-state index in [1.807, 2.05) is 50.2 Å². The van der Waals surface area contributed by atoms with Crippen LogP contribution < -0.4 is 4.74 Å². The molecule has 1 aliphatic heterocycles. The molecule has 2 atom stereocenters. The van der Waals surface area contributed by atoms with Gasteiger partial charge in [0.05, 0.1) is 13.2 Å². The van der Waals surface area contributed by atoms with Gasteiger partial charge in [0.2, 0.25) is 0 Å². The van der Waals surface area contributed by atoms with Crippen LogP contribution in [0.1, 0.15) is 36.7 Å². The average Bonchev–Trinajstić information content (AvgIpc) is 3.18. The third-order valence-electron chi connectivity index (χ3n) is 5.71. The van der Waals surface area contributed by atoms with Crippen LogP contribution in [0.15, 0.2) is 46.9 Å². The van der Waals surface area contributed by atoms with Crippen LogP contribution in [-0.2, 0) is 11.2 Å². The van der Waals surface area contributed by atoms with E-state index in [1.165, 1.54) is 5.56 Å². The van der Waals surface area contributed by atoms with Crippen LogP contribution in [0.4, 0.5) is 4.79 Å². The molecule has 7 nitrogen and oxygen atoms in total. The number of carbonyl (C=O) groups is 1. The predicted octanol–water partition coefficient (Wildman–Crippen LogP) is 4.40. The number of aromatic nitrogens is 1. The van der Waals surface area contributed by atoms with Crippen molar-refractivity contribution in [1.29, 1.82) is 0 Å². The summed E-state index contributed by atoms with van der Waals surface area (Å²) in [5, 5.41) is 19.6. The summed E-state index contributed by atoms with van der Waals surface area (Å²) in [5.74, 6) is 0.834. The minimum Gasteiger partial charge on any atom is -0.491 e. The second-order valence-electron chi connectivity index (χ2n) is 8.74. The Hall–Kier alpha value is -2.55. The Balaban J connectivity index is 1.69. The number of benzene rings is 2. The number of rotatable bonds is 7. The number of nitrogens with one attached hydrogen (secondary N) is 1. The normalized spacial score (nSPS) is 16.7. The van der Waals surface area contributed by atoms with Crippen LogP contribution >= 0.6 is 15.9 Å². The van der Waals surface area contributed by atoms with E-state index >= 15 is 0 Å². The summed E-state index contributed by atoms with van der Waals surface area (Å²) < 4.78 is 12.1. The molecule has 0 aliphatic carbocycles. The third kappa shape index (κ3) is 5.18. The minimum absolute atomic E-state index is 0.00791. The zero-order valence-electron chi connectivity index (χ0n) is 18.8. The maximum atomic E-state index is 13.0. The van der Waals surface area contributed by atoms with Crippen molar-refractivity contribution >= 4 is 32.9 Å². The second-order valence-corrected chi connectivity index (χ2v) is 9.66. The fourth-order valence-corrected chi connectivity index (χ4v) is 4.48. The number of hydrogen-bond acceptors (Lipinski definition) is 5. The van der Waals surface area contributed by atoms with E-state index in [1.54, 1.807) is 4.90 Å². The number of hydrogen-bond donors (Lipinski definition) is 3. The van der Waals surface area contributed by atoms with E-state index in [4.69, 9.17) is 14.6 Å². The highest BCUT2D eigenvalue weighted by molar-refractivity contribution is 9.10. The van der Waals surface area contributed by atoms with E-state index < -0.39 is 6.10 Å². The first-order valence-electron chi connectivity index (χ1n) is 11.1. The van der Waals surface area contributed by atoms with E-state index in [-0.39, 0.29) is 31.3 Å². The van der Waals surface area contributed by atoms with Crippen LogP contribution in [0.5, 0.6) is 5.75 Å². The number of fused-ring (bicyclic) bond motifs is 3. The average molecular weight is 517 g/mol. The lowest BCUT2D eigenvalue weighted by molar-refractivity contribution is 0.0536. The van der Waals surface area contributed by atoms with Crippen molar-refractivity contribution in [2.75, 3.05) is 26.4 Å². The van der Waals surface area contributed by atoms with Crippen molar-refractivity contribution in [3.63, 3.8) is 0 Å². The molecule has 4 rings (SSSR count). The summed E-state index contributed by atoms with van der Waals surface area (Å²) in [7, 11) is 0. The molecule has 0 fully saturated rings. The number of carbonyl (C=O) groups excluding carboxylic acids is 1. The lowest BCUT2D eigenvalue weighted by Crippen LogP contribution is -2.41. The highest BCUT2D eigenvalue weighted by atomic mass is 79.9. The fourth-order valence-electron chi connectivity index (χ4n) is 4.12. The van der Waals surface area contributed by atoms with Gasteiger partial charge in [-0.2, -0.15) is 0 Å². The number of aromatic amines is 1. The Kier molecular flexibility index (Phi) is 7.26. The number of H-pyrrole nitrogens is 1. The van der Waals surface area contributed by atoms with Crippen LogP contribution in [0.2, 0.25) is 0 Å². The Morgan fingerprint density at radius 1 is 1.21 bits per heavy atom. The van der Waals surface area contributed by atoms with Gasteiger partial charge in [-0.25, -0.2) is 4.79 Å². The van der Waals surface area contributed by atoms with Crippen LogP contribution in [-0.4, -0.2) is 58.7 Å². The summed E-state index contributed by atoms with van der Waals surface area (Å²) in [6.45, 7) is 4.60. The quantitative estimate of drug-likeness (QED) is 0.432. The number of aliphatic hydroxyl groups is 2. The van der Waals surface area contributed by atoms with Gasteiger partial charge in [-0.3, -0.25) is 4.90 Å². The van der Waals surface area contributed by atoms with Crippen LogP contribution in [0.3, 0.4) is 0 Å². The third-order valence-corrected chi connectivity index (χ3v) is 6.21. The van der Waals surface area contributed by atoms with Crippen LogP contribution in [0, 0.1) is 5.92 Å². The Morgan fingerprint density at radius 3 is 2.67 bits per heavy atom. The summed E-state index contributed by atoms with van der Waals surface area (Å²) in [6, 6.07) is 13.3. The zero-order chi connectivity index (χ0) is 23.5. The standard InChI is InChI=1S/C25H29BrN2O5/c1-15(2)13-33-25(31)28-10-9-20-21-11-17(26)5-8-22(21)27-23(20)24(28)16-3-6-19(7-4-16)32-14-18(30)12-29/h3-8,11,15,18,24,27,29-30H,9-10,12-14H2,1-2H3. The van der Waals surface area contributed by atoms with Crippen molar-refractivity contribution < 1.29 is 24.5 Å². The number of aliphatic hydroxyl groups excluding tert-OH is 2. The molecule has 3 aromatic rings. The first-order chi connectivity index (χ1) is 15.9. The molecule has 3 N–H and O–H groups in total. The molecule has 0 saturated heterocycles. The maximum Gasteiger partial charge on any atom is 0.410 e. The molecule has 8 heteroatoms. The van der Waals surface area contributed by atoms with E-state index in [9.17, 15) is 9.90 Å². The van der Waals surface area contributed by atoms with Gasteiger partial charge in [-0.15, -0.1) is 0 Å². The summed E-state index contributed by atoms with van der Waals surface area (Å²) >= 11 is 3.57. The number of amides is 1. The van der Waals surface area contributed by atoms with Crippen molar-refractivity contribution in [1.82, 2.24) is 9.88 Å². The lowest BCUT2D eigenvalue weighted by atomic mass is 9.92. The zero-order valence-corrected chi connectivity index (χ0v) is 20.3. The highest BCUT2D eigenvalue weighted by Gasteiger charge is 2.35. The largest absolute Gasteiger partial charge is 0.491 e. The van der Waals surface area contributed by atoms with Gasteiger partial charge in [0.25, 0.3) is 0 Å². The number of nitrogens with zero attached hydrogens (tertiary/aromatic N) is 1. The molecule has 1 aliphatic rings. The number of ether oxygens (including phenoxy) is 2. The molecule has 0 bridgehead atoms. The van der Waals surface area contributed by atoms with Crippen molar-refractivity contribution in [2.24, 2.45) is 5.92 Å². The van der Waals surface area contributed by atoms with Crippen molar-refractivity contribution in [3.05, 3.63) is 63.8 Å². The van der Waals surface area contributed by atoms with Gasteiger partial charge in [0.1, 0.15) is 24.5 Å². The molecular formula is C25H29BrN2O5. The first-order valence-corrected chi connectivity index (χ1v) is 11.9. The fraction of sp³-hybridized carbons (Fsp3) is 0.400. The first kappa shape index (κ1) is 23.6. The molecule has 2 heterocycles. The monoisotopic (exact) mass is 516 g/mol. The topological polar surface area (TPSA) is 95.0 Å². The molecule has 0 radical (unpaired) electrons. The van der Waals surface area contributed by atoms with E-state index in [2.05, 4.69) is 27.0 Å². The Bertz CT molecular complexity index is 1110. The highest BCUT2D eigenvalue weighted by Crippen LogP contribution is 2.39. The molecule has 2 aromatic carbocycles. The Labute approximate surface area is 201 Å².